The molecule has 0 amide bonds. The van der Waals surface area contributed by atoms with Gasteiger partial charge in [0, 0.05) is 12.6 Å². The maximum Gasteiger partial charge on any atom is 0.323 e. The summed E-state index contributed by atoms with van der Waals surface area (Å²) >= 11 is 0. The van der Waals surface area contributed by atoms with Crippen molar-refractivity contribution in [1.29, 1.82) is 0 Å². The van der Waals surface area contributed by atoms with Crippen molar-refractivity contribution in [2.24, 2.45) is 0 Å². The largest absolute Gasteiger partial charge is 0.465 e. The lowest BCUT2D eigenvalue weighted by atomic mass is 10.1. The Hall–Kier alpha value is -0.610. The van der Waals surface area contributed by atoms with E-state index in [1.807, 2.05) is 6.92 Å². The molecular formula is C15H30N2O2. The number of nitrogens with zero attached hydrogens (tertiary/aromatic N) is 1. The molecule has 1 aliphatic heterocycles. The van der Waals surface area contributed by atoms with Crippen LogP contribution in [-0.4, -0.2) is 49.2 Å². The highest BCUT2D eigenvalue weighted by Gasteiger charge is 2.22. The standard InChI is InChI=1S/C15H30N2O2/c1-4-9-14(15(18)19-5-2)16-13(3)12-17-10-7-6-8-11-17/h13-14,16H,4-12H2,1-3H3. The van der Waals surface area contributed by atoms with E-state index in [9.17, 15) is 4.79 Å². The summed E-state index contributed by atoms with van der Waals surface area (Å²) in [6, 6.07) is 0.184. The molecule has 0 radical (unpaired) electrons. The molecule has 19 heavy (non-hydrogen) atoms. The van der Waals surface area contributed by atoms with Crippen LogP contribution in [0.2, 0.25) is 0 Å². The van der Waals surface area contributed by atoms with E-state index in [4.69, 9.17) is 4.74 Å². The minimum atomic E-state index is -0.148. The number of ether oxygens (including phenoxy) is 1. The summed E-state index contributed by atoms with van der Waals surface area (Å²) in [5.41, 5.74) is 0. The van der Waals surface area contributed by atoms with Gasteiger partial charge in [-0.15, -0.1) is 0 Å². The minimum absolute atomic E-state index is 0.102. The summed E-state index contributed by atoms with van der Waals surface area (Å²) in [4.78, 5) is 14.4. The Bertz CT molecular complexity index is 253. The molecule has 0 aliphatic carbocycles. The van der Waals surface area contributed by atoms with Crippen molar-refractivity contribution in [1.82, 2.24) is 10.2 Å². The quantitative estimate of drug-likeness (QED) is 0.686. The van der Waals surface area contributed by atoms with Crippen LogP contribution in [0.25, 0.3) is 0 Å². The zero-order valence-corrected chi connectivity index (χ0v) is 12.8. The molecule has 0 aromatic rings. The third kappa shape index (κ3) is 6.39. The van der Waals surface area contributed by atoms with Gasteiger partial charge in [-0.25, -0.2) is 0 Å². The van der Waals surface area contributed by atoms with E-state index >= 15 is 0 Å². The molecule has 0 bridgehead atoms. The lowest BCUT2D eigenvalue weighted by Crippen LogP contribution is -2.48. The third-order valence-corrected chi connectivity index (χ3v) is 3.61. The molecule has 0 saturated carbocycles. The van der Waals surface area contributed by atoms with E-state index in [-0.39, 0.29) is 12.0 Å². The van der Waals surface area contributed by atoms with Crippen LogP contribution >= 0.6 is 0 Å². The molecule has 1 heterocycles. The molecule has 0 aromatic heterocycles. The van der Waals surface area contributed by atoms with E-state index in [2.05, 4.69) is 24.1 Å². The van der Waals surface area contributed by atoms with Crippen LogP contribution in [0.5, 0.6) is 0 Å². The molecular weight excluding hydrogens is 240 g/mol. The Morgan fingerprint density at radius 2 is 1.95 bits per heavy atom. The predicted molar refractivity (Wildman–Crippen MR) is 78.2 cm³/mol. The van der Waals surface area contributed by atoms with Crippen molar-refractivity contribution < 1.29 is 9.53 Å². The number of carbonyl (C=O) groups excluding carboxylic acids is 1. The first-order valence-corrected chi connectivity index (χ1v) is 7.82. The summed E-state index contributed by atoms with van der Waals surface area (Å²) in [6.45, 7) is 10.0. The molecule has 4 heteroatoms. The highest BCUT2D eigenvalue weighted by molar-refractivity contribution is 5.75. The van der Waals surface area contributed by atoms with Gasteiger partial charge in [-0.3, -0.25) is 4.79 Å². The first-order valence-electron chi connectivity index (χ1n) is 7.82. The highest BCUT2D eigenvalue weighted by Crippen LogP contribution is 2.09. The topological polar surface area (TPSA) is 41.6 Å². The maximum absolute atomic E-state index is 11.9. The molecule has 0 aromatic carbocycles. The van der Waals surface area contributed by atoms with Crippen molar-refractivity contribution in [3.8, 4) is 0 Å². The normalized spacial score (nSPS) is 19.9. The van der Waals surface area contributed by atoms with Crippen LogP contribution in [0, 0.1) is 0 Å². The van der Waals surface area contributed by atoms with Gasteiger partial charge in [0.25, 0.3) is 0 Å². The van der Waals surface area contributed by atoms with Gasteiger partial charge in [-0.1, -0.05) is 19.8 Å². The molecule has 1 fully saturated rings. The predicted octanol–water partition coefficient (Wildman–Crippen LogP) is 2.18. The number of likely N-dealkylation sites (tertiary alicyclic amines) is 1. The van der Waals surface area contributed by atoms with Gasteiger partial charge < -0.3 is 15.0 Å². The van der Waals surface area contributed by atoms with Gasteiger partial charge in [0.15, 0.2) is 0 Å². The van der Waals surface area contributed by atoms with Crippen LogP contribution in [-0.2, 0) is 9.53 Å². The second kappa shape index (κ2) is 9.32. The van der Waals surface area contributed by atoms with E-state index < -0.39 is 0 Å². The summed E-state index contributed by atoms with van der Waals surface area (Å²) in [6.07, 6.45) is 5.82. The number of nitrogens with one attached hydrogen (secondary N) is 1. The zero-order chi connectivity index (χ0) is 14.1. The van der Waals surface area contributed by atoms with Gasteiger partial charge in [0.2, 0.25) is 0 Å². The smallest absolute Gasteiger partial charge is 0.323 e. The fourth-order valence-electron chi connectivity index (χ4n) is 2.73. The molecule has 112 valence electrons. The Balaban J connectivity index is 2.36. The lowest BCUT2D eigenvalue weighted by molar-refractivity contribution is -0.146. The van der Waals surface area contributed by atoms with Crippen LogP contribution < -0.4 is 5.32 Å². The van der Waals surface area contributed by atoms with Crippen molar-refractivity contribution >= 4 is 5.97 Å². The first-order chi connectivity index (χ1) is 9.17. The molecule has 1 aliphatic rings. The summed E-state index contributed by atoms with van der Waals surface area (Å²) in [5, 5.41) is 3.43. The Morgan fingerprint density at radius 3 is 2.53 bits per heavy atom. The molecule has 1 N–H and O–H groups in total. The van der Waals surface area contributed by atoms with Crippen molar-refractivity contribution in [2.75, 3.05) is 26.2 Å². The molecule has 4 nitrogen and oxygen atoms in total. The third-order valence-electron chi connectivity index (χ3n) is 3.61. The van der Waals surface area contributed by atoms with Crippen LogP contribution in [0.4, 0.5) is 0 Å². The first kappa shape index (κ1) is 16.4. The van der Waals surface area contributed by atoms with Crippen molar-refractivity contribution in [3.63, 3.8) is 0 Å². The average molecular weight is 270 g/mol. The fraction of sp³-hybridized carbons (Fsp3) is 0.933. The van der Waals surface area contributed by atoms with Gasteiger partial charge >= 0.3 is 5.97 Å². The number of hydrogen-bond donors (Lipinski definition) is 1. The molecule has 1 rings (SSSR count). The minimum Gasteiger partial charge on any atom is -0.465 e. The number of rotatable bonds is 8. The van der Waals surface area contributed by atoms with Crippen LogP contribution in [0.15, 0.2) is 0 Å². The van der Waals surface area contributed by atoms with Gasteiger partial charge in [-0.2, -0.15) is 0 Å². The van der Waals surface area contributed by atoms with Crippen molar-refractivity contribution in [3.05, 3.63) is 0 Å². The van der Waals surface area contributed by atoms with Crippen LogP contribution in [0.3, 0.4) is 0 Å². The van der Waals surface area contributed by atoms with E-state index in [1.165, 1.54) is 32.4 Å². The van der Waals surface area contributed by atoms with E-state index in [1.54, 1.807) is 0 Å². The number of hydrogen-bond acceptors (Lipinski definition) is 4. The Morgan fingerprint density at radius 1 is 1.26 bits per heavy atom. The Kier molecular flexibility index (Phi) is 8.07. The number of carbonyl (C=O) groups is 1. The van der Waals surface area contributed by atoms with Crippen molar-refractivity contribution in [2.45, 2.75) is 65.0 Å². The van der Waals surface area contributed by atoms with Crippen LogP contribution in [0.1, 0.15) is 52.9 Å². The number of esters is 1. The maximum atomic E-state index is 11.9. The highest BCUT2D eigenvalue weighted by atomic mass is 16.5. The summed E-state index contributed by atoms with van der Waals surface area (Å²) in [5.74, 6) is -0.102. The summed E-state index contributed by atoms with van der Waals surface area (Å²) in [7, 11) is 0. The van der Waals surface area contributed by atoms with Gasteiger partial charge in [0.1, 0.15) is 6.04 Å². The number of piperidine rings is 1. The monoisotopic (exact) mass is 270 g/mol. The fourth-order valence-corrected chi connectivity index (χ4v) is 2.73. The molecule has 2 unspecified atom stereocenters. The zero-order valence-electron chi connectivity index (χ0n) is 12.8. The second-order valence-electron chi connectivity index (χ2n) is 5.52. The average Bonchev–Trinajstić information content (AvgIpc) is 2.39. The van der Waals surface area contributed by atoms with Gasteiger partial charge in [-0.05, 0) is 46.2 Å². The van der Waals surface area contributed by atoms with Gasteiger partial charge in [0.05, 0.1) is 6.61 Å². The summed E-state index contributed by atoms with van der Waals surface area (Å²) < 4.78 is 5.13. The van der Waals surface area contributed by atoms with E-state index in [0.29, 0.717) is 12.6 Å². The molecule has 2 atom stereocenters. The molecule has 1 saturated heterocycles. The Labute approximate surface area is 117 Å². The lowest BCUT2D eigenvalue weighted by Gasteiger charge is -2.30. The SMILES string of the molecule is CCCC(NC(C)CN1CCCCC1)C(=O)OCC. The van der Waals surface area contributed by atoms with E-state index in [0.717, 1.165) is 19.4 Å². The molecule has 0 spiro atoms. The second-order valence-corrected chi connectivity index (χ2v) is 5.52.